The molecule has 0 bridgehead atoms. The Bertz CT molecular complexity index is 2320. The van der Waals surface area contributed by atoms with Gasteiger partial charge < -0.3 is 19.9 Å². The minimum Gasteiger partial charge on any atom is -0.455 e. The van der Waals surface area contributed by atoms with Crippen molar-refractivity contribution >= 4 is 57.5 Å². The van der Waals surface area contributed by atoms with Crippen LogP contribution in [-0.4, -0.2) is 71.2 Å². The number of rotatable bonds is 11. The molecule has 8 rings (SSSR count). The third-order valence-corrected chi connectivity index (χ3v) is 12.4. The molecular formula is C42H43ClN8O4S. The summed E-state index contributed by atoms with van der Waals surface area (Å²) in [5.41, 5.74) is 6.58. The Hall–Kier alpha value is -5.37. The first-order chi connectivity index (χ1) is 27.2. The van der Waals surface area contributed by atoms with E-state index < -0.39 is 10.8 Å². The highest BCUT2D eigenvalue weighted by Gasteiger charge is 2.41. The summed E-state index contributed by atoms with van der Waals surface area (Å²) in [6, 6.07) is 17.8. The standard InChI is InChI=1S/C42H43ClN8O4S/c1-45-24-30-20-34(22-37(39(30)44)51(53)54)56-48-41(52)35-8-7-32(21-38(35)55-33-19-28-10-14-46-40(28)47-25-33)50-17-15-49(16-18-50)26-29-9-13-42(11-2-12-42)23-36(29)27-3-5-31(43)6-4-27/h3-8,10,14,19-22,24-25,44-45H,2,9,11-13,15-18,23,26H2,1H3,(H,46,47)(H,48,52)/b30-24-,44-39?. The quantitative estimate of drug-likeness (QED) is 0.0666. The Kier molecular flexibility index (Phi) is 10.7. The first-order valence-corrected chi connectivity index (χ1v) is 20.1. The number of aromatic amines is 1. The zero-order chi connectivity index (χ0) is 38.8. The van der Waals surface area contributed by atoms with Gasteiger partial charge in [0.15, 0.2) is 0 Å². The van der Waals surface area contributed by atoms with Gasteiger partial charge in [0.05, 0.1) is 16.7 Å². The van der Waals surface area contributed by atoms with Gasteiger partial charge in [-0.25, -0.2) is 4.98 Å². The second kappa shape index (κ2) is 16.0. The summed E-state index contributed by atoms with van der Waals surface area (Å²) in [6.07, 6.45) is 15.4. The number of halogens is 1. The number of carbonyl (C=O) groups is 1. The number of carbonyl (C=O) groups excluding carboxylic acids is 1. The number of hydrogen-bond donors (Lipinski definition) is 4. The van der Waals surface area contributed by atoms with Crippen molar-refractivity contribution in [3.05, 3.63) is 133 Å². The molecule has 2 aromatic heterocycles. The van der Waals surface area contributed by atoms with Crippen LogP contribution in [0.2, 0.25) is 5.02 Å². The number of nitrogens with zero attached hydrogens (tertiary/aromatic N) is 4. The molecule has 0 atom stereocenters. The molecule has 12 nitrogen and oxygen atoms in total. The number of piperazine rings is 1. The average Bonchev–Trinajstić information content (AvgIpc) is 3.66. The molecule has 288 valence electrons. The van der Waals surface area contributed by atoms with Crippen molar-refractivity contribution < 1.29 is 14.5 Å². The molecule has 0 unspecified atom stereocenters. The van der Waals surface area contributed by atoms with Crippen molar-refractivity contribution in [1.82, 2.24) is 24.9 Å². The third-order valence-electron chi connectivity index (χ3n) is 11.4. The lowest BCUT2D eigenvalue weighted by Gasteiger charge is -2.47. The van der Waals surface area contributed by atoms with Gasteiger partial charge in [0.1, 0.15) is 22.9 Å². The topological polar surface area (TPSA) is 153 Å². The summed E-state index contributed by atoms with van der Waals surface area (Å²) < 4.78 is 9.22. The van der Waals surface area contributed by atoms with E-state index in [0.717, 1.165) is 79.3 Å². The number of anilines is 1. The molecule has 4 aromatic rings. The second-order valence-electron chi connectivity index (χ2n) is 14.9. The number of hydrogen-bond acceptors (Lipinski definition) is 10. The monoisotopic (exact) mass is 790 g/mol. The van der Waals surface area contributed by atoms with Crippen LogP contribution >= 0.6 is 23.5 Å². The lowest BCUT2D eigenvalue weighted by molar-refractivity contribution is -0.415. The SMILES string of the molecule is CN/C=C1/C=C(SNC(=O)c2ccc(N3CCN(CC4=C(c5ccc(Cl)cc5)CC5(CCC5)CC4)CC3)cc2Oc2cnc3[nH]ccc3c2)C=C([N+](=O)[O-])C1=N. The molecule has 1 spiro atoms. The summed E-state index contributed by atoms with van der Waals surface area (Å²) in [4.78, 5) is 37.7. The van der Waals surface area contributed by atoms with Crippen molar-refractivity contribution in [1.29, 1.82) is 5.41 Å². The summed E-state index contributed by atoms with van der Waals surface area (Å²) >= 11 is 7.21. The van der Waals surface area contributed by atoms with E-state index in [0.29, 0.717) is 33.0 Å². The van der Waals surface area contributed by atoms with Gasteiger partial charge in [-0.15, -0.1) is 0 Å². The van der Waals surface area contributed by atoms with Crippen LogP contribution in [0, 0.1) is 20.9 Å². The highest BCUT2D eigenvalue weighted by Crippen LogP contribution is 2.55. The van der Waals surface area contributed by atoms with Gasteiger partial charge in [-0.2, -0.15) is 0 Å². The van der Waals surface area contributed by atoms with Gasteiger partial charge in [-0.05, 0) is 103 Å². The predicted octanol–water partition coefficient (Wildman–Crippen LogP) is 8.50. The number of nitrogens with one attached hydrogen (secondary N) is 4. The fraction of sp³-hybridized carbons (Fsp3) is 0.310. The molecule has 3 heterocycles. The van der Waals surface area contributed by atoms with Crippen LogP contribution in [0.3, 0.4) is 0 Å². The molecule has 0 radical (unpaired) electrons. The van der Waals surface area contributed by atoms with E-state index in [9.17, 15) is 14.9 Å². The molecule has 3 aliphatic carbocycles. The van der Waals surface area contributed by atoms with E-state index in [4.69, 9.17) is 21.7 Å². The van der Waals surface area contributed by atoms with Crippen molar-refractivity contribution in [3.63, 3.8) is 0 Å². The fourth-order valence-electron chi connectivity index (χ4n) is 8.16. The molecule has 2 aromatic carbocycles. The molecule has 14 heteroatoms. The maximum absolute atomic E-state index is 13.8. The Morgan fingerprint density at radius 1 is 1.11 bits per heavy atom. The normalized spacial score (nSPS) is 19.1. The molecule has 1 aliphatic heterocycles. The Morgan fingerprint density at radius 2 is 1.91 bits per heavy atom. The molecule has 56 heavy (non-hydrogen) atoms. The zero-order valence-electron chi connectivity index (χ0n) is 31.1. The van der Waals surface area contributed by atoms with Crippen LogP contribution < -0.4 is 19.7 Å². The Morgan fingerprint density at radius 3 is 2.64 bits per heavy atom. The number of aromatic nitrogens is 2. The number of H-pyrrole nitrogens is 1. The van der Waals surface area contributed by atoms with Crippen LogP contribution in [0.4, 0.5) is 5.69 Å². The first kappa shape index (κ1) is 37.5. The van der Waals surface area contributed by atoms with Crippen LogP contribution in [0.25, 0.3) is 16.6 Å². The molecule has 1 amide bonds. The molecule has 4 aliphatic rings. The van der Waals surface area contributed by atoms with E-state index >= 15 is 0 Å². The number of fused-ring (bicyclic) bond motifs is 1. The van der Waals surface area contributed by atoms with Crippen LogP contribution in [-0.2, 0) is 0 Å². The van der Waals surface area contributed by atoms with Gasteiger partial charge in [0.25, 0.3) is 11.6 Å². The van der Waals surface area contributed by atoms with E-state index in [-0.39, 0.29) is 11.4 Å². The zero-order valence-corrected chi connectivity index (χ0v) is 32.6. The number of benzene rings is 2. The van der Waals surface area contributed by atoms with Gasteiger partial charge in [-0.3, -0.25) is 29.9 Å². The lowest BCUT2D eigenvalue weighted by Crippen LogP contribution is -2.47. The van der Waals surface area contributed by atoms with E-state index in [1.54, 1.807) is 31.0 Å². The predicted molar refractivity (Wildman–Crippen MR) is 223 cm³/mol. The molecule has 2 fully saturated rings. The van der Waals surface area contributed by atoms with Crippen LogP contribution in [0.1, 0.15) is 54.4 Å². The summed E-state index contributed by atoms with van der Waals surface area (Å²) in [7, 11) is 1.65. The van der Waals surface area contributed by atoms with Gasteiger partial charge in [0.2, 0.25) is 0 Å². The van der Waals surface area contributed by atoms with Crippen molar-refractivity contribution in [3.8, 4) is 11.5 Å². The fourth-order valence-corrected chi connectivity index (χ4v) is 8.96. The number of allylic oxidation sites excluding steroid dienone is 4. The highest BCUT2D eigenvalue weighted by atomic mass is 35.5. The number of ether oxygens (including phenoxy) is 1. The van der Waals surface area contributed by atoms with Gasteiger partial charge in [0, 0.05) is 90.9 Å². The van der Waals surface area contributed by atoms with Gasteiger partial charge >= 0.3 is 0 Å². The number of pyridine rings is 1. The molecule has 4 N–H and O–H groups in total. The van der Waals surface area contributed by atoms with E-state index in [1.807, 2.05) is 42.6 Å². The Labute approximate surface area is 334 Å². The van der Waals surface area contributed by atoms with Crippen LogP contribution in [0.5, 0.6) is 11.5 Å². The van der Waals surface area contributed by atoms with Crippen molar-refractivity contribution in [2.45, 2.75) is 38.5 Å². The summed E-state index contributed by atoms with van der Waals surface area (Å²) in [5, 5.41) is 24.3. The summed E-state index contributed by atoms with van der Waals surface area (Å²) in [5.74, 6) is 0.409. The Balaban J connectivity index is 0.997. The summed E-state index contributed by atoms with van der Waals surface area (Å²) in [6.45, 7) is 4.41. The number of nitro groups is 1. The van der Waals surface area contributed by atoms with Gasteiger partial charge in [-0.1, -0.05) is 35.7 Å². The maximum atomic E-state index is 13.8. The van der Waals surface area contributed by atoms with E-state index in [2.05, 4.69) is 41.9 Å². The second-order valence-corrected chi connectivity index (χ2v) is 16.2. The maximum Gasteiger partial charge on any atom is 0.295 e. The molecule has 1 saturated carbocycles. The van der Waals surface area contributed by atoms with E-state index in [1.165, 1.54) is 49.1 Å². The van der Waals surface area contributed by atoms with Crippen LogP contribution in [0.15, 0.2) is 107 Å². The molecule has 1 saturated heterocycles. The highest BCUT2D eigenvalue weighted by molar-refractivity contribution is 8.02. The minimum absolute atomic E-state index is 0.212. The number of amides is 1. The smallest absolute Gasteiger partial charge is 0.295 e. The minimum atomic E-state index is -0.600. The molecular weight excluding hydrogens is 748 g/mol. The first-order valence-electron chi connectivity index (χ1n) is 18.9. The lowest BCUT2D eigenvalue weighted by atomic mass is 9.59. The van der Waals surface area contributed by atoms with Crippen molar-refractivity contribution in [2.24, 2.45) is 5.41 Å². The third kappa shape index (κ3) is 7.97. The van der Waals surface area contributed by atoms with Crippen molar-refractivity contribution in [2.75, 3.05) is 44.7 Å². The average molecular weight is 791 g/mol. The largest absolute Gasteiger partial charge is 0.455 e.